The lowest BCUT2D eigenvalue weighted by atomic mass is 10.0. The topological polar surface area (TPSA) is 12.9 Å². The Hall–Kier alpha value is -1.37. The van der Waals surface area contributed by atoms with E-state index in [9.17, 15) is 0 Å². The first-order chi connectivity index (χ1) is 8.54. The van der Waals surface area contributed by atoms with Crippen LogP contribution in [0.25, 0.3) is 0 Å². The van der Waals surface area contributed by atoms with Crippen molar-refractivity contribution in [3.8, 4) is 0 Å². The van der Waals surface area contributed by atoms with E-state index < -0.39 is 0 Å². The second kappa shape index (κ2) is 10.8. The van der Waals surface area contributed by atoms with Crippen LogP contribution in [0.15, 0.2) is 54.4 Å². The summed E-state index contributed by atoms with van der Waals surface area (Å²) in [7, 11) is 0. The average molecular weight is 245 g/mol. The zero-order chi connectivity index (χ0) is 13.8. The Labute approximate surface area is 113 Å². The van der Waals surface area contributed by atoms with Crippen molar-refractivity contribution in [2.75, 3.05) is 0 Å². The molecule has 0 spiro atoms. The summed E-state index contributed by atoms with van der Waals surface area (Å²) in [6.45, 7) is 11.0. The first kappa shape index (κ1) is 16.6. The average Bonchev–Trinajstić information content (AvgIpc) is 2.85. The first-order valence-electron chi connectivity index (χ1n) is 6.74. The van der Waals surface area contributed by atoms with E-state index in [1.165, 1.54) is 6.42 Å². The zero-order valence-electron chi connectivity index (χ0n) is 12.4. The van der Waals surface area contributed by atoms with Gasteiger partial charge in [-0.25, -0.2) is 0 Å². The highest BCUT2D eigenvalue weighted by Crippen LogP contribution is 2.18. The molecule has 1 heteroatoms. The van der Waals surface area contributed by atoms with Gasteiger partial charge in [-0.3, -0.25) is 4.98 Å². The Bertz CT molecular complexity index is 304. The van der Waals surface area contributed by atoms with Crippen LogP contribution in [0.1, 0.15) is 41.0 Å². The van der Waals surface area contributed by atoms with E-state index in [-0.39, 0.29) is 0 Å². The lowest BCUT2D eigenvalue weighted by molar-refractivity contribution is 0.737. The highest BCUT2D eigenvalue weighted by Gasteiger charge is 2.01. The molecule has 1 aromatic rings. The molecule has 1 aromatic heterocycles. The molecule has 100 valence electrons. The van der Waals surface area contributed by atoms with Crippen LogP contribution in [-0.4, -0.2) is 4.98 Å². The molecule has 1 aliphatic carbocycles. The molecule has 0 bridgehead atoms. The largest absolute Gasteiger partial charge is 0.265 e. The van der Waals surface area contributed by atoms with Gasteiger partial charge in [-0.1, -0.05) is 64.5 Å². The molecular weight excluding hydrogens is 218 g/mol. The second-order valence-electron chi connectivity index (χ2n) is 5.29. The third-order valence-electron chi connectivity index (χ3n) is 2.11. The van der Waals surface area contributed by atoms with Crippen LogP contribution in [0.4, 0.5) is 0 Å². The van der Waals surface area contributed by atoms with Gasteiger partial charge in [0, 0.05) is 12.4 Å². The molecule has 0 radical (unpaired) electrons. The van der Waals surface area contributed by atoms with Crippen LogP contribution >= 0.6 is 0 Å². The van der Waals surface area contributed by atoms with Gasteiger partial charge in [0.2, 0.25) is 0 Å². The molecule has 18 heavy (non-hydrogen) atoms. The summed E-state index contributed by atoms with van der Waals surface area (Å²) in [5.41, 5.74) is 1.56. The Morgan fingerprint density at radius 2 is 1.50 bits per heavy atom. The Morgan fingerprint density at radius 3 is 1.67 bits per heavy atom. The van der Waals surface area contributed by atoms with Gasteiger partial charge in [0.05, 0.1) is 0 Å². The van der Waals surface area contributed by atoms with Crippen molar-refractivity contribution in [3.05, 3.63) is 54.4 Å². The van der Waals surface area contributed by atoms with Gasteiger partial charge in [0.15, 0.2) is 0 Å². The van der Waals surface area contributed by atoms with Gasteiger partial charge in [-0.15, -0.1) is 0 Å². The molecule has 0 saturated heterocycles. The van der Waals surface area contributed by atoms with E-state index >= 15 is 0 Å². The minimum Gasteiger partial charge on any atom is -0.265 e. The second-order valence-corrected chi connectivity index (χ2v) is 5.29. The molecule has 0 aliphatic heterocycles. The highest BCUT2D eigenvalue weighted by atomic mass is 14.6. The Kier molecular flexibility index (Phi) is 9.94. The van der Waals surface area contributed by atoms with E-state index in [4.69, 9.17) is 0 Å². The summed E-state index contributed by atoms with van der Waals surface area (Å²) >= 11 is 0. The molecule has 0 saturated carbocycles. The fourth-order valence-corrected chi connectivity index (χ4v) is 1.20. The lowest BCUT2D eigenvalue weighted by Gasteiger charge is -2.02. The quantitative estimate of drug-likeness (QED) is 0.656. The third-order valence-corrected chi connectivity index (χ3v) is 2.11. The predicted octanol–water partition coefficient (Wildman–Crippen LogP) is 5.27. The molecule has 1 aliphatic rings. The maximum atomic E-state index is 3.78. The fraction of sp³-hybridized carbons (Fsp3) is 0.471. The van der Waals surface area contributed by atoms with Gasteiger partial charge in [-0.05, 0) is 30.4 Å². The molecule has 1 heterocycles. The van der Waals surface area contributed by atoms with Crippen LogP contribution in [0.2, 0.25) is 0 Å². The third kappa shape index (κ3) is 11.1. The Morgan fingerprint density at radius 1 is 0.944 bits per heavy atom. The van der Waals surface area contributed by atoms with E-state index in [0.717, 1.165) is 11.8 Å². The molecule has 0 atom stereocenters. The summed E-state index contributed by atoms with van der Waals surface area (Å²) in [5, 5.41) is 0. The van der Waals surface area contributed by atoms with E-state index in [0.29, 0.717) is 0 Å². The molecule has 0 N–H and O–H groups in total. The minimum atomic E-state index is 0.741. The van der Waals surface area contributed by atoms with Gasteiger partial charge < -0.3 is 0 Å². The highest BCUT2D eigenvalue weighted by molar-refractivity contribution is 5.23. The van der Waals surface area contributed by atoms with Crippen LogP contribution in [0, 0.1) is 11.8 Å². The first-order valence-corrected chi connectivity index (χ1v) is 6.74. The SMILES string of the molecule is CC(C)C.CC(C)C1=CC=CC1.c1ccncc1. The number of aromatic nitrogens is 1. The number of hydrogen-bond donors (Lipinski definition) is 0. The molecular formula is C17H27N. The number of nitrogens with zero attached hydrogens (tertiary/aromatic N) is 1. The van der Waals surface area contributed by atoms with Gasteiger partial charge in [0.25, 0.3) is 0 Å². The van der Waals surface area contributed by atoms with Gasteiger partial charge in [0.1, 0.15) is 0 Å². The summed E-state index contributed by atoms with van der Waals surface area (Å²) in [6, 6.07) is 5.72. The van der Waals surface area contributed by atoms with Crippen LogP contribution in [0.5, 0.6) is 0 Å². The molecule has 0 fully saturated rings. The summed E-state index contributed by atoms with van der Waals surface area (Å²) < 4.78 is 0. The van der Waals surface area contributed by atoms with Crippen LogP contribution in [0.3, 0.4) is 0 Å². The fourth-order valence-electron chi connectivity index (χ4n) is 1.20. The monoisotopic (exact) mass is 245 g/mol. The zero-order valence-corrected chi connectivity index (χ0v) is 12.4. The van der Waals surface area contributed by atoms with Crippen molar-refractivity contribution in [1.82, 2.24) is 4.98 Å². The van der Waals surface area contributed by atoms with Crippen molar-refractivity contribution in [2.24, 2.45) is 11.8 Å². The van der Waals surface area contributed by atoms with E-state index in [1.807, 2.05) is 18.2 Å². The minimum absolute atomic E-state index is 0.741. The van der Waals surface area contributed by atoms with Crippen molar-refractivity contribution < 1.29 is 0 Å². The summed E-state index contributed by atoms with van der Waals surface area (Å²) in [6.07, 6.45) is 11.2. The summed E-state index contributed by atoms with van der Waals surface area (Å²) in [5.74, 6) is 1.57. The maximum Gasteiger partial charge on any atom is 0.0267 e. The number of rotatable bonds is 1. The Balaban J connectivity index is 0.000000257. The molecule has 1 nitrogen and oxygen atoms in total. The number of allylic oxidation sites excluding steroid dienone is 4. The molecule has 0 unspecified atom stereocenters. The van der Waals surface area contributed by atoms with E-state index in [1.54, 1.807) is 18.0 Å². The van der Waals surface area contributed by atoms with Crippen molar-refractivity contribution >= 4 is 0 Å². The smallest absolute Gasteiger partial charge is 0.0267 e. The van der Waals surface area contributed by atoms with Gasteiger partial charge >= 0.3 is 0 Å². The standard InChI is InChI=1S/C8H12.C5H5N.C4H10/c1-7(2)8-5-3-4-6-8;1-2-4-6-5-3-1;1-4(2)3/h3-5,7H,6H2,1-2H3;1-5H;4H,1-3H3. The van der Waals surface area contributed by atoms with Crippen molar-refractivity contribution in [3.63, 3.8) is 0 Å². The molecule has 2 rings (SSSR count). The van der Waals surface area contributed by atoms with Crippen LogP contribution in [-0.2, 0) is 0 Å². The lowest BCUT2D eigenvalue weighted by Crippen LogP contribution is -1.88. The molecule has 0 aromatic carbocycles. The number of pyridine rings is 1. The number of hydrogen-bond acceptors (Lipinski definition) is 1. The summed E-state index contributed by atoms with van der Waals surface area (Å²) in [4.78, 5) is 3.78. The molecule has 0 amide bonds. The normalized spacial score (nSPS) is 12.5. The maximum absolute atomic E-state index is 3.78. The van der Waals surface area contributed by atoms with Crippen molar-refractivity contribution in [2.45, 2.75) is 41.0 Å². The van der Waals surface area contributed by atoms with E-state index in [2.05, 4.69) is 57.8 Å². The predicted molar refractivity (Wildman–Crippen MR) is 81.4 cm³/mol. The van der Waals surface area contributed by atoms with Crippen LogP contribution < -0.4 is 0 Å². The van der Waals surface area contributed by atoms with Crippen molar-refractivity contribution in [1.29, 1.82) is 0 Å². The van der Waals surface area contributed by atoms with Gasteiger partial charge in [-0.2, -0.15) is 0 Å².